The van der Waals surface area contributed by atoms with Crippen LogP contribution in [-0.4, -0.2) is 13.1 Å². The molecule has 1 N–H and O–H groups in total. The molecular weight excluding hydrogens is 225 g/mol. The summed E-state index contributed by atoms with van der Waals surface area (Å²) in [6.45, 7) is 10.0. The van der Waals surface area contributed by atoms with Crippen molar-refractivity contribution in [1.82, 2.24) is 5.32 Å². The first-order valence-corrected chi connectivity index (χ1v) is 6.70. The highest BCUT2D eigenvalue weighted by atomic mass is 19.1. The quantitative estimate of drug-likeness (QED) is 0.744. The zero-order valence-corrected chi connectivity index (χ0v) is 11.9. The first-order valence-electron chi connectivity index (χ1n) is 6.70. The Kier molecular flexibility index (Phi) is 6.06. The minimum Gasteiger partial charge on any atom is -0.316 e. The van der Waals surface area contributed by atoms with Gasteiger partial charge >= 0.3 is 0 Å². The number of allylic oxidation sites excluding steroid dienone is 1. The van der Waals surface area contributed by atoms with Gasteiger partial charge in [-0.2, -0.15) is 0 Å². The molecule has 100 valence electrons. The van der Waals surface area contributed by atoms with Crippen LogP contribution in [0.5, 0.6) is 0 Å². The van der Waals surface area contributed by atoms with Crippen LogP contribution in [0.3, 0.4) is 0 Å². The average molecular weight is 249 g/mol. The molecule has 0 bridgehead atoms. The van der Waals surface area contributed by atoms with Gasteiger partial charge in [-0.15, -0.1) is 0 Å². The predicted molar refractivity (Wildman–Crippen MR) is 77.3 cm³/mol. The minimum atomic E-state index is -0.109. The fourth-order valence-corrected chi connectivity index (χ4v) is 2.21. The maximum atomic E-state index is 13.9. The van der Waals surface area contributed by atoms with Crippen molar-refractivity contribution < 1.29 is 4.39 Å². The summed E-state index contributed by atoms with van der Waals surface area (Å²) in [5, 5.41) is 3.34. The zero-order valence-electron chi connectivity index (χ0n) is 11.9. The first-order chi connectivity index (χ1) is 8.56. The second kappa shape index (κ2) is 7.32. The molecule has 0 fully saturated rings. The highest BCUT2D eigenvalue weighted by molar-refractivity contribution is 5.67. The highest BCUT2D eigenvalue weighted by Gasteiger charge is 2.08. The molecule has 1 rings (SSSR count). The van der Waals surface area contributed by atoms with Crippen molar-refractivity contribution in [1.29, 1.82) is 0 Å². The van der Waals surface area contributed by atoms with Crippen molar-refractivity contribution in [2.24, 2.45) is 0 Å². The number of nitrogens with one attached hydrogen (secondary N) is 1. The van der Waals surface area contributed by atoms with Crippen molar-refractivity contribution >= 4 is 5.57 Å². The molecule has 0 aromatic heterocycles. The second-order valence-corrected chi connectivity index (χ2v) is 4.86. The Bertz CT molecular complexity index is 398. The molecule has 0 unspecified atom stereocenters. The summed E-state index contributed by atoms with van der Waals surface area (Å²) in [5.74, 6) is -0.109. The van der Waals surface area contributed by atoms with Crippen LogP contribution in [0.1, 0.15) is 43.4 Å². The van der Waals surface area contributed by atoms with E-state index in [4.69, 9.17) is 0 Å². The number of rotatable bonds is 6. The Hall–Kier alpha value is -1.15. The fourth-order valence-electron chi connectivity index (χ4n) is 2.21. The van der Waals surface area contributed by atoms with Gasteiger partial charge in [0.05, 0.1) is 0 Å². The van der Waals surface area contributed by atoms with E-state index in [9.17, 15) is 4.39 Å². The molecule has 0 radical (unpaired) electrons. The third kappa shape index (κ3) is 4.26. The van der Waals surface area contributed by atoms with E-state index in [0.717, 1.165) is 48.2 Å². The van der Waals surface area contributed by atoms with Crippen molar-refractivity contribution in [2.75, 3.05) is 13.1 Å². The summed E-state index contributed by atoms with van der Waals surface area (Å²) in [7, 11) is 0. The van der Waals surface area contributed by atoms with Gasteiger partial charge in [0.1, 0.15) is 5.82 Å². The maximum absolute atomic E-state index is 13.9. The molecule has 0 amide bonds. The molecule has 0 spiro atoms. The number of hydrogen-bond donors (Lipinski definition) is 1. The Morgan fingerprint density at radius 2 is 2.00 bits per heavy atom. The monoisotopic (exact) mass is 249 g/mol. The van der Waals surface area contributed by atoms with Crippen LogP contribution in [0.25, 0.3) is 5.57 Å². The molecule has 0 saturated carbocycles. The molecule has 0 aliphatic carbocycles. The third-order valence-corrected chi connectivity index (χ3v) is 3.02. The summed E-state index contributed by atoms with van der Waals surface area (Å²) < 4.78 is 13.9. The van der Waals surface area contributed by atoms with Gasteiger partial charge in [-0.25, -0.2) is 4.39 Å². The lowest BCUT2D eigenvalue weighted by Crippen LogP contribution is -2.15. The molecule has 1 aromatic carbocycles. The van der Waals surface area contributed by atoms with Gasteiger partial charge in [-0.05, 0) is 69.5 Å². The van der Waals surface area contributed by atoms with Gasteiger partial charge in [-0.1, -0.05) is 19.1 Å². The Morgan fingerprint density at radius 3 is 2.61 bits per heavy atom. The molecule has 1 aromatic rings. The Morgan fingerprint density at radius 1 is 1.28 bits per heavy atom. The van der Waals surface area contributed by atoms with Gasteiger partial charge in [0.25, 0.3) is 0 Å². The van der Waals surface area contributed by atoms with Crippen molar-refractivity contribution in [3.05, 3.63) is 40.7 Å². The van der Waals surface area contributed by atoms with E-state index in [2.05, 4.69) is 18.3 Å². The van der Waals surface area contributed by atoms with E-state index >= 15 is 0 Å². The van der Waals surface area contributed by atoms with Crippen LogP contribution in [0, 0.1) is 19.7 Å². The van der Waals surface area contributed by atoms with E-state index < -0.39 is 0 Å². The molecular formula is C16H24FN. The zero-order chi connectivity index (χ0) is 13.5. The number of hydrogen-bond acceptors (Lipinski definition) is 1. The van der Waals surface area contributed by atoms with Crippen LogP contribution in [0.15, 0.2) is 18.2 Å². The van der Waals surface area contributed by atoms with Gasteiger partial charge in [-0.3, -0.25) is 0 Å². The summed E-state index contributed by atoms with van der Waals surface area (Å²) in [6, 6.07) is 3.64. The number of aryl methyl sites for hydroxylation is 2. The van der Waals surface area contributed by atoms with Gasteiger partial charge < -0.3 is 5.32 Å². The lowest BCUT2D eigenvalue weighted by Gasteiger charge is -2.09. The largest absolute Gasteiger partial charge is 0.316 e. The lowest BCUT2D eigenvalue weighted by molar-refractivity contribution is 0.621. The van der Waals surface area contributed by atoms with Crippen molar-refractivity contribution in [3.63, 3.8) is 0 Å². The summed E-state index contributed by atoms with van der Waals surface area (Å²) in [5.41, 5.74) is 3.79. The molecule has 0 aliphatic rings. The normalized spacial score (nSPS) is 11.9. The topological polar surface area (TPSA) is 12.0 Å². The van der Waals surface area contributed by atoms with Gasteiger partial charge in [0.2, 0.25) is 0 Å². The van der Waals surface area contributed by atoms with Crippen LogP contribution < -0.4 is 5.32 Å². The van der Waals surface area contributed by atoms with Crippen LogP contribution in [-0.2, 0) is 0 Å². The summed E-state index contributed by atoms with van der Waals surface area (Å²) in [4.78, 5) is 0. The summed E-state index contributed by atoms with van der Waals surface area (Å²) >= 11 is 0. The molecule has 0 heterocycles. The van der Waals surface area contributed by atoms with E-state index in [-0.39, 0.29) is 5.82 Å². The molecule has 0 aliphatic heterocycles. The molecule has 2 heteroatoms. The maximum Gasteiger partial charge on any atom is 0.131 e. The van der Waals surface area contributed by atoms with Crippen LogP contribution in [0.4, 0.5) is 4.39 Å². The standard InChI is InChI=1S/C16H24FN/c1-5-8-18-9-6-7-13(3)16-14(4)10-12(2)11-15(16)17/h7,10-11,18H,5-6,8-9H2,1-4H3/b13-7-. The SMILES string of the molecule is CCCNCC/C=C(/C)c1c(C)cc(C)cc1F. The average Bonchev–Trinajstić information content (AvgIpc) is 2.27. The van der Waals surface area contributed by atoms with Crippen molar-refractivity contribution in [3.8, 4) is 0 Å². The predicted octanol–water partition coefficient (Wildman–Crippen LogP) is 4.24. The number of benzene rings is 1. The number of halogens is 1. The van der Waals surface area contributed by atoms with Crippen molar-refractivity contribution in [2.45, 2.75) is 40.5 Å². The minimum absolute atomic E-state index is 0.109. The van der Waals surface area contributed by atoms with Crippen LogP contribution >= 0.6 is 0 Å². The lowest BCUT2D eigenvalue weighted by atomic mass is 9.98. The molecule has 18 heavy (non-hydrogen) atoms. The first kappa shape index (κ1) is 14.9. The van der Waals surface area contributed by atoms with Gasteiger partial charge in [0, 0.05) is 5.56 Å². The highest BCUT2D eigenvalue weighted by Crippen LogP contribution is 2.23. The molecule has 0 saturated heterocycles. The second-order valence-electron chi connectivity index (χ2n) is 4.86. The smallest absolute Gasteiger partial charge is 0.131 e. The summed E-state index contributed by atoms with van der Waals surface area (Å²) in [6.07, 6.45) is 4.20. The van der Waals surface area contributed by atoms with Crippen LogP contribution in [0.2, 0.25) is 0 Å². The fraction of sp³-hybridized carbons (Fsp3) is 0.500. The Balaban J connectivity index is 2.71. The van der Waals surface area contributed by atoms with E-state index in [1.165, 1.54) is 0 Å². The third-order valence-electron chi connectivity index (χ3n) is 3.02. The van der Waals surface area contributed by atoms with E-state index in [0.29, 0.717) is 0 Å². The van der Waals surface area contributed by atoms with E-state index in [1.807, 2.05) is 26.8 Å². The van der Waals surface area contributed by atoms with E-state index in [1.54, 1.807) is 6.07 Å². The molecule has 1 nitrogen and oxygen atoms in total. The molecule has 0 atom stereocenters. The Labute approximate surface area is 110 Å². The van der Waals surface area contributed by atoms with Gasteiger partial charge in [0.15, 0.2) is 0 Å².